The van der Waals surface area contributed by atoms with E-state index in [1.165, 1.54) is 0 Å². The fraction of sp³-hybridized carbons (Fsp3) is 0.200. The van der Waals surface area contributed by atoms with Crippen molar-refractivity contribution >= 4 is 11.4 Å². The van der Waals surface area contributed by atoms with E-state index in [2.05, 4.69) is 16.9 Å². The van der Waals surface area contributed by atoms with Gasteiger partial charge in [0, 0.05) is 18.8 Å². The Morgan fingerprint density at radius 1 is 1.62 bits per heavy atom. The van der Waals surface area contributed by atoms with Crippen LogP contribution in [0.2, 0.25) is 0 Å². The molecule has 0 unspecified atom stereocenters. The van der Waals surface area contributed by atoms with E-state index in [9.17, 15) is 0 Å². The summed E-state index contributed by atoms with van der Waals surface area (Å²) in [4.78, 5) is 3.11. The normalized spacial score (nSPS) is 8.92. The smallest absolute Gasteiger partial charge is 0.387 e. The number of nitrogens with one attached hydrogen (secondary N) is 1. The van der Waals surface area contributed by atoms with Gasteiger partial charge in [0.15, 0.2) is 4.98 Å². The molecule has 0 saturated carbocycles. The first kappa shape index (κ1) is 9.27. The largest absolute Gasteiger partial charge is 0.388 e. The summed E-state index contributed by atoms with van der Waals surface area (Å²) < 4.78 is 0. The SMILES string of the molecule is C=CCc1ccc([N+]#N)cc1NC. The van der Waals surface area contributed by atoms with E-state index < -0.39 is 0 Å². The van der Waals surface area contributed by atoms with E-state index >= 15 is 0 Å². The predicted molar refractivity (Wildman–Crippen MR) is 54.6 cm³/mol. The maximum Gasteiger partial charge on any atom is 0.387 e. The van der Waals surface area contributed by atoms with Crippen molar-refractivity contribution in [3.05, 3.63) is 41.4 Å². The molecule has 0 bridgehead atoms. The summed E-state index contributed by atoms with van der Waals surface area (Å²) in [5.41, 5.74) is 2.66. The quantitative estimate of drug-likeness (QED) is 0.565. The molecule has 1 aromatic rings. The van der Waals surface area contributed by atoms with Gasteiger partial charge in [-0.3, -0.25) is 0 Å². The molecule has 3 nitrogen and oxygen atoms in total. The summed E-state index contributed by atoms with van der Waals surface area (Å²) in [6.45, 7) is 3.67. The van der Waals surface area contributed by atoms with E-state index in [1.54, 1.807) is 12.1 Å². The third-order valence-electron chi connectivity index (χ3n) is 1.84. The lowest BCUT2D eigenvalue weighted by Gasteiger charge is -2.03. The number of anilines is 1. The van der Waals surface area contributed by atoms with Gasteiger partial charge in [-0.15, -0.1) is 6.58 Å². The Kier molecular flexibility index (Phi) is 3.04. The van der Waals surface area contributed by atoms with E-state index in [-0.39, 0.29) is 0 Å². The Labute approximate surface area is 77.7 Å². The first-order valence-corrected chi connectivity index (χ1v) is 4.08. The van der Waals surface area contributed by atoms with E-state index in [0.717, 1.165) is 17.7 Å². The molecule has 0 radical (unpaired) electrons. The van der Waals surface area contributed by atoms with Crippen molar-refractivity contribution in [2.75, 3.05) is 12.4 Å². The van der Waals surface area contributed by atoms with Gasteiger partial charge >= 0.3 is 5.69 Å². The van der Waals surface area contributed by atoms with Crippen LogP contribution in [-0.2, 0) is 6.42 Å². The Morgan fingerprint density at radius 2 is 2.38 bits per heavy atom. The minimum atomic E-state index is 0.553. The molecule has 0 aromatic heterocycles. The van der Waals surface area contributed by atoms with Crippen LogP contribution in [0.3, 0.4) is 0 Å². The van der Waals surface area contributed by atoms with Gasteiger partial charge in [0.25, 0.3) is 0 Å². The van der Waals surface area contributed by atoms with Gasteiger partial charge in [-0.1, -0.05) is 6.08 Å². The standard InChI is InChI=1S/C10H12N3/c1-3-4-8-5-6-9(13-11)7-10(8)12-2/h3,5-7,12H,1,4H2,2H3/q+1. The second-order valence-electron chi connectivity index (χ2n) is 2.68. The van der Waals surface area contributed by atoms with Crippen LogP contribution in [0, 0.1) is 5.39 Å². The summed E-state index contributed by atoms with van der Waals surface area (Å²) in [6.07, 6.45) is 2.65. The molecule has 1 aromatic carbocycles. The number of rotatable bonds is 3. The molecule has 0 saturated heterocycles. The summed E-state index contributed by atoms with van der Waals surface area (Å²) >= 11 is 0. The zero-order valence-electron chi connectivity index (χ0n) is 7.62. The summed E-state index contributed by atoms with van der Waals surface area (Å²) in [6, 6.07) is 5.47. The molecule has 1 rings (SSSR count). The first-order valence-electron chi connectivity index (χ1n) is 4.08. The predicted octanol–water partition coefficient (Wildman–Crippen LogP) is 2.94. The highest BCUT2D eigenvalue weighted by atomic mass is 14.9. The molecule has 13 heavy (non-hydrogen) atoms. The van der Waals surface area contributed by atoms with Crippen LogP contribution < -0.4 is 5.32 Å². The Hall–Kier alpha value is -1.82. The van der Waals surface area contributed by atoms with Gasteiger partial charge in [0.2, 0.25) is 5.39 Å². The van der Waals surface area contributed by atoms with Crippen molar-refractivity contribution in [2.45, 2.75) is 6.42 Å². The number of hydrogen-bond acceptors (Lipinski definition) is 2. The van der Waals surface area contributed by atoms with Gasteiger partial charge in [-0.25, -0.2) is 0 Å². The van der Waals surface area contributed by atoms with Gasteiger partial charge in [0.1, 0.15) is 0 Å². The number of hydrogen-bond donors (Lipinski definition) is 1. The molecule has 0 heterocycles. The van der Waals surface area contributed by atoms with E-state index in [1.807, 2.05) is 19.2 Å². The van der Waals surface area contributed by atoms with Crippen molar-refractivity contribution in [1.82, 2.24) is 0 Å². The van der Waals surface area contributed by atoms with Crippen molar-refractivity contribution < 1.29 is 0 Å². The fourth-order valence-electron chi connectivity index (χ4n) is 1.19. The second-order valence-corrected chi connectivity index (χ2v) is 2.68. The number of nitrogens with zero attached hydrogens (tertiary/aromatic N) is 2. The summed E-state index contributed by atoms with van der Waals surface area (Å²) in [7, 11) is 1.84. The van der Waals surface area contributed by atoms with Crippen LogP contribution in [0.25, 0.3) is 4.98 Å². The zero-order chi connectivity index (χ0) is 9.68. The molecule has 0 aliphatic rings. The van der Waals surface area contributed by atoms with E-state index in [0.29, 0.717) is 5.69 Å². The molecule has 3 heteroatoms. The maximum absolute atomic E-state index is 8.56. The topological polar surface area (TPSA) is 40.2 Å². The van der Waals surface area contributed by atoms with Crippen LogP contribution in [0.5, 0.6) is 0 Å². The van der Waals surface area contributed by atoms with E-state index in [4.69, 9.17) is 5.39 Å². The minimum absolute atomic E-state index is 0.553. The molecule has 66 valence electrons. The molecule has 0 aliphatic carbocycles. The molecule has 0 spiro atoms. The Morgan fingerprint density at radius 3 is 2.92 bits per heavy atom. The lowest BCUT2D eigenvalue weighted by atomic mass is 10.1. The van der Waals surface area contributed by atoms with Crippen molar-refractivity contribution in [3.63, 3.8) is 0 Å². The minimum Gasteiger partial charge on any atom is -0.388 e. The van der Waals surface area contributed by atoms with Gasteiger partial charge in [0.05, 0.1) is 6.07 Å². The molecule has 0 fully saturated rings. The lowest BCUT2D eigenvalue weighted by Crippen LogP contribution is -1.93. The Bertz CT molecular complexity index is 350. The highest BCUT2D eigenvalue weighted by molar-refractivity contribution is 5.61. The van der Waals surface area contributed by atoms with Crippen molar-refractivity contribution in [2.24, 2.45) is 0 Å². The van der Waals surface area contributed by atoms with Gasteiger partial charge in [-0.05, 0) is 18.1 Å². The summed E-state index contributed by atoms with van der Waals surface area (Å²) in [5, 5.41) is 11.6. The molecule has 1 N–H and O–H groups in total. The van der Waals surface area contributed by atoms with Crippen molar-refractivity contribution in [3.8, 4) is 0 Å². The van der Waals surface area contributed by atoms with Crippen LogP contribution in [0.1, 0.15) is 5.56 Å². The molecule has 0 amide bonds. The van der Waals surface area contributed by atoms with Gasteiger partial charge in [-0.2, -0.15) is 0 Å². The molecule has 0 atom stereocenters. The van der Waals surface area contributed by atoms with Crippen LogP contribution >= 0.6 is 0 Å². The second kappa shape index (κ2) is 4.27. The number of benzene rings is 1. The van der Waals surface area contributed by atoms with Crippen LogP contribution in [0.15, 0.2) is 30.9 Å². The maximum atomic E-state index is 8.56. The molecule has 0 aliphatic heterocycles. The highest BCUT2D eigenvalue weighted by Gasteiger charge is 2.07. The summed E-state index contributed by atoms with van der Waals surface area (Å²) in [5.74, 6) is 0. The first-order chi connectivity index (χ1) is 6.31. The average Bonchev–Trinajstić information content (AvgIpc) is 2.19. The zero-order valence-corrected chi connectivity index (χ0v) is 7.62. The number of diazo groups is 1. The third kappa shape index (κ3) is 2.06. The van der Waals surface area contributed by atoms with Gasteiger partial charge < -0.3 is 5.32 Å². The lowest BCUT2D eigenvalue weighted by molar-refractivity contribution is 1.26. The molecular formula is C10H12N3+. The average molecular weight is 174 g/mol. The highest BCUT2D eigenvalue weighted by Crippen LogP contribution is 2.23. The van der Waals surface area contributed by atoms with Crippen LogP contribution in [-0.4, -0.2) is 7.05 Å². The van der Waals surface area contributed by atoms with Crippen molar-refractivity contribution in [1.29, 1.82) is 5.39 Å². The number of allylic oxidation sites excluding steroid dienone is 1. The third-order valence-corrected chi connectivity index (χ3v) is 1.84. The monoisotopic (exact) mass is 174 g/mol. The Balaban J connectivity index is 3.09. The van der Waals surface area contributed by atoms with Crippen LogP contribution in [0.4, 0.5) is 11.4 Å². The fourth-order valence-corrected chi connectivity index (χ4v) is 1.19. The molecular weight excluding hydrogens is 162 g/mol.